The van der Waals surface area contributed by atoms with Crippen molar-refractivity contribution < 1.29 is 23.8 Å². The van der Waals surface area contributed by atoms with Crippen LogP contribution in [0.2, 0.25) is 0 Å². The number of amides is 2. The van der Waals surface area contributed by atoms with Crippen molar-refractivity contribution in [3.05, 3.63) is 53.6 Å². The topological polar surface area (TPSA) is 98.2 Å². The maximum Gasteiger partial charge on any atom is 0.259 e. The molecule has 0 atom stereocenters. The van der Waals surface area contributed by atoms with Gasteiger partial charge in [0.15, 0.2) is 11.5 Å². The highest BCUT2D eigenvalue weighted by molar-refractivity contribution is 5.97. The monoisotopic (exact) mass is 371 g/mol. The lowest BCUT2D eigenvalue weighted by Crippen LogP contribution is -2.34. The molecule has 0 spiro atoms. The van der Waals surface area contributed by atoms with Crippen LogP contribution in [-0.4, -0.2) is 45.9 Å². The van der Waals surface area contributed by atoms with Crippen LogP contribution in [0.25, 0.3) is 0 Å². The molecular weight excluding hydrogens is 350 g/mol. The Kier molecular flexibility index (Phi) is 7.18. The molecule has 0 bridgehead atoms. The van der Waals surface area contributed by atoms with E-state index in [4.69, 9.17) is 14.2 Å². The molecule has 0 aliphatic rings. The van der Waals surface area contributed by atoms with Gasteiger partial charge in [-0.15, -0.1) is 0 Å². The third-order valence-electron chi connectivity index (χ3n) is 3.57. The molecule has 2 amide bonds. The second-order valence-corrected chi connectivity index (χ2v) is 5.29. The number of carbonyl (C=O) groups is 2. The van der Waals surface area contributed by atoms with Crippen molar-refractivity contribution >= 4 is 18.0 Å². The number of benzene rings is 2. The number of methoxy groups -OCH3 is 3. The molecule has 27 heavy (non-hydrogen) atoms. The molecule has 8 nitrogen and oxygen atoms in total. The van der Waals surface area contributed by atoms with Crippen molar-refractivity contribution in [1.82, 2.24) is 10.7 Å². The average molecular weight is 371 g/mol. The Morgan fingerprint density at radius 1 is 1.04 bits per heavy atom. The normalized spacial score (nSPS) is 10.3. The second kappa shape index (κ2) is 9.81. The van der Waals surface area contributed by atoms with Crippen LogP contribution in [0.5, 0.6) is 17.2 Å². The predicted molar refractivity (Wildman–Crippen MR) is 101 cm³/mol. The Morgan fingerprint density at radius 3 is 2.52 bits per heavy atom. The lowest BCUT2D eigenvalue weighted by molar-refractivity contribution is -0.120. The first kappa shape index (κ1) is 19.8. The predicted octanol–water partition coefficient (Wildman–Crippen LogP) is 1.59. The fraction of sp³-hybridized carbons (Fsp3) is 0.211. The van der Waals surface area contributed by atoms with E-state index in [9.17, 15) is 9.59 Å². The minimum Gasteiger partial charge on any atom is -0.497 e. The van der Waals surface area contributed by atoms with E-state index in [1.807, 2.05) is 0 Å². The van der Waals surface area contributed by atoms with Gasteiger partial charge in [0, 0.05) is 11.1 Å². The van der Waals surface area contributed by atoms with Crippen LogP contribution < -0.4 is 25.0 Å². The van der Waals surface area contributed by atoms with Crippen LogP contribution >= 0.6 is 0 Å². The van der Waals surface area contributed by atoms with Gasteiger partial charge < -0.3 is 19.5 Å². The summed E-state index contributed by atoms with van der Waals surface area (Å²) in [4.78, 5) is 23.9. The van der Waals surface area contributed by atoms with E-state index in [2.05, 4.69) is 15.8 Å². The summed E-state index contributed by atoms with van der Waals surface area (Å²) in [5, 5.41) is 6.39. The van der Waals surface area contributed by atoms with Gasteiger partial charge in [-0.2, -0.15) is 5.10 Å². The zero-order chi connectivity index (χ0) is 19.6. The van der Waals surface area contributed by atoms with Gasteiger partial charge in [-0.1, -0.05) is 12.1 Å². The van der Waals surface area contributed by atoms with Crippen molar-refractivity contribution in [1.29, 1.82) is 0 Å². The van der Waals surface area contributed by atoms with Gasteiger partial charge in [-0.3, -0.25) is 9.59 Å². The fourth-order valence-corrected chi connectivity index (χ4v) is 2.25. The molecule has 0 radical (unpaired) electrons. The van der Waals surface area contributed by atoms with Crippen LogP contribution in [0, 0.1) is 0 Å². The first-order chi connectivity index (χ1) is 13.1. The summed E-state index contributed by atoms with van der Waals surface area (Å²) in [7, 11) is 4.56. The largest absolute Gasteiger partial charge is 0.497 e. The molecular formula is C19H21N3O5. The first-order valence-corrected chi connectivity index (χ1v) is 8.04. The molecule has 2 aromatic carbocycles. The van der Waals surface area contributed by atoms with E-state index in [0.717, 1.165) is 0 Å². The van der Waals surface area contributed by atoms with Crippen molar-refractivity contribution in [2.75, 3.05) is 27.9 Å². The van der Waals surface area contributed by atoms with Gasteiger partial charge in [0.1, 0.15) is 5.75 Å². The summed E-state index contributed by atoms with van der Waals surface area (Å²) < 4.78 is 15.5. The van der Waals surface area contributed by atoms with Gasteiger partial charge in [0.2, 0.25) is 0 Å². The third kappa shape index (κ3) is 5.46. The molecule has 0 fully saturated rings. The molecule has 0 unspecified atom stereocenters. The molecule has 0 heterocycles. The maximum absolute atomic E-state index is 12.1. The number of carbonyl (C=O) groups excluding carboxylic acids is 2. The van der Waals surface area contributed by atoms with Crippen LogP contribution in [0.3, 0.4) is 0 Å². The van der Waals surface area contributed by atoms with Crippen LogP contribution in [-0.2, 0) is 4.79 Å². The fourth-order valence-electron chi connectivity index (χ4n) is 2.25. The van der Waals surface area contributed by atoms with Gasteiger partial charge >= 0.3 is 0 Å². The van der Waals surface area contributed by atoms with E-state index >= 15 is 0 Å². The van der Waals surface area contributed by atoms with Crippen LogP contribution in [0.4, 0.5) is 0 Å². The Morgan fingerprint density at radius 2 is 1.81 bits per heavy atom. The van der Waals surface area contributed by atoms with Gasteiger partial charge in [0.25, 0.3) is 11.8 Å². The average Bonchev–Trinajstić information content (AvgIpc) is 2.71. The summed E-state index contributed by atoms with van der Waals surface area (Å²) in [5.41, 5.74) is 3.38. The molecule has 2 N–H and O–H groups in total. The standard InChI is InChI=1S/C19H21N3O5/c1-25-15-8-4-6-13(10-15)19(24)20-12-17(23)22-21-11-14-7-5-9-16(26-2)18(14)27-3/h4-11H,12H2,1-3H3,(H,20,24)(H,22,23)/b21-11-. The minimum atomic E-state index is -0.468. The SMILES string of the molecule is COc1cccc(C(=O)NCC(=O)N/N=C\c2cccc(OC)c2OC)c1. The van der Waals surface area contributed by atoms with Crippen LogP contribution in [0.1, 0.15) is 15.9 Å². The van der Waals surface area contributed by atoms with Crippen molar-refractivity contribution in [2.24, 2.45) is 5.10 Å². The molecule has 8 heteroatoms. The van der Waals surface area contributed by atoms with Crippen LogP contribution in [0.15, 0.2) is 47.6 Å². The summed E-state index contributed by atoms with van der Waals surface area (Å²) in [5.74, 6) is 0.762. The summed E-state index contributed by atoms with van der Waals surface area (Å²) >= 11 is 0. The number of hydrogen-bond acceptors (Lipinski definition) is 6. The van der Waals surface area contributed by atoms with E-state index < -0.39 is 5.91 Å². The quantitative estimate of drug-likeness (QED) is 0.542. The Balaban J connectivity index is 1.89. The number of hydrogen-bond donors (Lipinski definition) is 2. The highest BCUT2D eigenvalue weighted by Crippen LogP contribution is 2.29. The van der Waals surface area contributed by atoms with E-state index in [0.29, 0.717) is 28.4 Å². The van der Waals surface area contributed by atoms with E-state index in [1.165, 1.54) is 27.5 Å². The Labute approximate surface area is 157 Å². The molecule has 2 aromatic rings. The second-order valence-electron chi connectivity index (χ2n) is 5.29. The molecule has 2 rings (SSSR count). The summed E-state index contributed by atoms with van der Waals surface area (Å²) in [6, 6.07) is 11.9. The number of nitrogens with zero attached hydrogens (tertiary/aromatic N) is 1. The van der Waals surface area contributed by atoms with Gasteiger partial charge in [-0.05, 0) is 30.3 Å². The van der Waals surface area contributed by atoms with Crippen molar-refractivity contribution in [2.45, 2.75) is 0 Å². The van der Waals surface area contributed by atoms with E-state index in [-0.39, 0.29) is 12.5 Å². The van der Waals surface area contributed by atoms with Crippen molar-refractivity contribution in [3.63, 3.8) is 0 Å². The minimum absolute atomic E-state index is 0.220. The smallest absolute Gasteiger partial charge is 0.259 e. The zero-order valence-electron chi connectivity index (χ0n) is 15.3. The number of hydrazone groups is 1. The van der Waals surface area contributed by atoms with E-state index in [1.54, 1.807) is 42.5 Å². The zero-order valence-corrected chi connectivity index (χ0v) is 15.3. The lowest BCUT2D eigenvalue weighted by atomic mass is 10.2. The first-order valence-electron chi connectivity index (χ1n) is 8.04. The molecule has 0 aliphatic carbocycles. The number of ether oxygens (including phenoxy) is 3. The highest BCUT2D eigenvalue weighted by Gasteiger charge is 2.09. The Hall–Kier alpha value is -3.55. The molecule has 0 aliphatic heterocycles. The highest BCUT2D eigenvalue weighted by atomic mass is 16.5. The Bertz CT molecular complexity index is 836. The number of nitrogens with one attached hydrogen (secondary N) is 2. The molecule has 0 saturated carbocycles. The number of rotatable bonds is 8. The van der Waals surface area contributed by atoms with Gasteiger partial charge in [-0.25, -0.2) is 5.43 Å². The van der Waals surface area contributed by atoms with Crippen molar-refractivity contribution in [3.8, 4) is 17.2 Å². The summed E-state index contributed by atoms with van der Waals surface area (Å²) in [6.45, 7) is -0.220. The molecule has 142 valence electrons. The number of para-hydroxylation sites is 1. The molecule has 0 saturated heterocycles. The summed E-state index contributed by atoms with van der Waals surface area (Å²) in [6.07, 6.45) is 1.43. The molecule has 0 aromatic heterocycles. The maximum atomic E-state index is 12.1. The third-order valence-corrected chi connectivity index (χ3v) is 3.57. The lowest BCUT2D eigenvalue weighted by Gasteiger charge is -2.09. The van der Waals surface area contributed by atoms with Gasteiger partial charge in [0.05, 0.1) is 34.1 Å².